The number of anilines is 2. The van der Waals surface area contributed by atoms with Crippen LogP contribution in [-0.4, -0.2) is 39.6 Å². The summed E-state index contributed by atoms with van der Waals surface area (Å²) in [5.41, 5.74) is 3.23. The number of pyridine rings is 1. The van der Waals surface area contributed by atoms with Gasteiger partial charge in [-0.05, 0) is 73.5 Å². The third-order valence-electron chi connectivity index (χ3n) is 4.73. The lowest BCUT2D eigenvalue weighted by Gasteiger charge is -2.12. The summed E-state index contributed by atoms with van der Waals surface area (Å²) in [6.07, 6.45) is 1.56. The summed E-state index contributed by atoms with van der Waals surface area (Å²) < 4.78 is 38.4. The van der Waals surface area contributed by atoms with Gasteiger partial charge in [0.15, 0.2) is 0 Å². The Balaban J connectivity index is 1.71. The summed E-state index contributed by atoms with van der Waals surface area (Å²) in [7, 11) is -2.23. The Labute approximate surface area is 187 Å². The van der Waals surface area contributed by atoms with Gasteiger partial charge in [0.2, 0.25) is 5.88 Å². The minimum atomic E-state index is -3.79. The van der Waals surface area contributed by atoms with Crippen molar-refractivity contribution >= 4 is 27.3 Å². The van der Waals surface area contributed by atoms with E-state index in [2.05, 4.69) is 15.0 Å². The van der Waals surface area contributed by atoms with Crippen LogP contribution in [0.4, 0.5) is 11.4 Å². The van der Waals surface area contributed by atoms with E-state index < -0.39 is 15.9 Å². The molecule has 0 aliphatic carbocycles. The molecule has 0 radical (unpaired) electrons. The number of benzene rings is 2. The van der Waals surface area contributed by atoms with Crippen LogP contribution in [0.5, 0.6) is 5.88 Å². The van der Waals surface area contributed by atoms with E-state index in [4.69, 9.17) is 9.47 Å². The van der Waals surface area contributed by atoms with Gasteiger partial charge >= 0.3 is 0 Å². The maximum Gasteiger partial charge on any atom is 0.261 e. The van der Waals surface area contributed by atoms with E-state index in [0.29, 0.717) is 23.5 Å². The number of sulfonamides is 1. The highest BCUT2D eigenvalue weighted by atomic mass is 32.2. The van der Waals surface area contributed by atoms with Crippen molar-refractivity contribution < 1.29 is 22.7 Å². The van der Waals surface area contributed by atoms with Crippen molar-refractivity contribution in [2.24, 2.45) is 0 Å². The molecule has 0 fully saturated rings. The van der Waals surface area contributed by atoms with Crippen LogP contribution in [0.1, 0.15) is 21.5 Å². The minimum Gasteiger partial charge on any atom is -0.474 e. The van der Waals surface area contributed by atoms with Gasteiger partial charge in [-0.2, -0.15) is 0 Å². The summed E-state index contributed by atoms with van der Waals surface area (Å²) in [4.78, 5) is 16.8. The number of rotatable bonds is 9. The van der Waals surface area contributed by atoms with Crippen LogP contribution in [0.2, 0.25) is 0 Å². The standard InChI is InChI=1S/C23H25N3O5S/c1-16-6-9-19(15-17(16)2)26-32(28,29)20-10-7-18(8-11-20)22(27)25-21-5-4-12-24-23(21)31-14-13-30-3/h4-12,15,26H,13-14H2,1-3H3,(H,25,27). The largest absolute Gasteiger partial charge is 0.474 e. The Morgan fingerprint density at radius 2 is 1.75 bits per heavy atom. The zero-order valence-corrected chi connectivity index (χ0v) is 18.9. The van der Waals surface area contributed by atoms with E-state index in [9.17, 15) is 13.2 Å². The fourth-order valence-electron chi connectivity index (χ4n) is 2.82. The second-order valence-electron chi connectivity index (χ2n) is 7.08. The van der Waals surface area contributed by atoms with E-state index in [1.165, 1.54) is 24.3 Å². The van der Waals surface area contributed by atoms with Crippen molar-refractivity contribution in [2.75, 3.05) is 30.4 Å². The fraction of sp³-hybridized carbons (Fsp3) is 0.217. The zero-order valence-electron chi connectivity index (χ0n) is 18.1. The van der Waals surface area contributed by atoms with Crippen molar-refractivity contribution in [3.63, 3.8) is 0 Å². The first-order chi connectivity index (χ1) is 15.3. The molecule has 0 unspecified atom stereocenters. The Morgan fingerprint density at radius 3 is 2.44 bits per heavy atom. The molecule has 0 aliphatic rings. The molecule has 1 heterocycles. The first-order valence-electron chi connectivity index (χ1n) is 9.88. The summed E-state index contributed by atoms with van der Waals surface area (Å²) in [5.74, 6) is -0.143. The molecule has 0 saturated heterocycles. The highest BCUT2D eigenvalue weighted by Crippen LogP contribution is 2.22. The molecule has 0 atom stereocenters. The number of aryl methyl sites for hydroxylation is 2. The summed E-state index contributed by atoms with van der Waals surface area (Å²) in [5, 5.41) is 2.73. The lowest BCUT2D eigenvalue weighted by Crippen LogP contribution is -2.16. The van der Waals surface area contributed by atoms with E-state index in [0.717, 1.165) is 11.1 Å². The molecule has 3 aromatic rings. The fourth-order valence-corrected chi connectivity index (χ4v) is 3.87. The monoisotopic (exact) mass is 455 g/mol. The SMILES string of the molecule is COCCOc1ncccc1NC(=O)c1ccc(S(=O)(=O)Nc2ccc(C)c(C)c2)cc1. The molecule has 0 aliphatic heterocycles. The predicted molar refractivity (Wildman–Crippen MR) is 123 cm³/mol. The summed E-state index contributed by atoms with van der Waals surface area (Å²) in [6, 6.07) is 14.3. The van der Waals surface area contributed by atoms with Gasteiger partial charge in [0.05, 0.1) is 11.5 Å². The summed E-state index contributed by atoms with van der Waals surface area (Å²) >= 11 is 0. The van der Waals surface area contributed by atoms with Gasteiger partial charge in [-0.15, -0.1) is 0 Å². The van der Waals surface area contributed by atoms with Gasteiger partial charge in [-0.3, -0.25) is 9.52 Å². The topological polar surface area (TPSA) is 107 Å². The molecule has 3 rings (SSSR count). The molecular weight excluding hydrogens is 430 g/mol. The van der Waals surface area contributed by atoms with Gasteiger partial charge in [0.1, 0.15) is 12.3 Å². The number of hydrogen-bond donors (Lipinski definition) is 2. The van der Waals surface area contributed by atoms with Crippen LogP contribution in [0.3, 0.4) is 0 Å². The first kappa shape index (κ1) is 23.2. The molecular formula is C23H25N3O5S. The number of carbonyl (C=O) groups excluding carboxylic acids is 1. The van der Waals surface area contributed by atoms with Crippen molar-refractivity contribution in [1.29, 1.82) is 0 Å². The van der Waals surface area contributed by atoms with Crippen molar-refractivity contribution in [3.05, 3.63) is 77.5 Å². The lowest BCUT2D eigenvalue weighted by atomic mass is 10.1. The average molecular weight is 456 g/mol. The number of methoxy groups -OCH3 is 1. The zero-order chi connectivity index (χ0) is 23.1. The van der Waals surface area contributed by atoms with Crippen LogP contribution in [0.15, 0.2) is 65.7 Å². The Hall–Kier alpha value is -3.43. The number of ether oxygens (including phenoxy) is 2. The number of hydrogen-bond acceptors (Lipinski definition) is 6. The lowest BCUT2D eigenvalue weighted by molar-refractivity contribution is 0.102. The molecule has 0 saturated carbocycles. The molecule has 0 spiro atoms. The Morgan fingerprint density at radius 1 is 1.00 bits per heavy atom. The molecule has 2 aromatic carbocycles. The second kappa shape index (κ2) is 10.3. The molecule has 1 aromatic heterocycles. The predicted octanol–water partition coefficient (Wildman–Crippen LogP) is 3.78. The Kier molecular flexibility index (Phi) is 7.45. The van der Waals surface area contributed by atoms with E-state index in [-0.39, 0.29) is 17.4 Å². The number of amides is 1. The van der Waals surface area contributed by atoms with Crippen molar-refractivity contribution in [3.8, 4) is 5.88 Å². The van der Waals surface area contributed by atoms with Crippen LogP contribution in [0.25, 0.3) is 0 Å². The van der Waals surface area contributed by atoms with Crippen LogP contribution in [0, 0.1) is 13.8 Å². The van der Waals surface area contributed by atoms with Crippen LogP contribution < -0.4 is 14.8 Å². The quantitative estimate of drug-likeness (QED) is 0.476. The molecule has 9 heteroatoms. The van der Waals surface area contributed by atoms with Gasteiger partial charge in [-0.25, -0.2) is 13.4 Å². The number of aromatic nitrogens is 1. The van der Waals surface area contributed by atoms with Crippen LogP contribution >= 0.6 is 0 Å². The normalized spacial score (nSPS) is 11.1. The summed E-state index contributed by atoms with van der Waals surface area (Å²) in [6.45, 7) is 4.54. The third kappa shape index (κ3) is 5.83. The van der Waals surface area contributed by atoms with Gasteiger partial charge in [0.25, 0.3) is 15.9 Å². The average Bonchev–Trinajstić information content (AvgIpc) is 2.77. The highest BCUT2D eigenvalue weighted by Gasteiger charge is 2.16. The number of nitrogens with zero attached hydrogens (tertiary/aromatic N) is 1. The van der Waals surface area contributed by atoms with Gasteiger partial charge in [-0.1, -0.05) is 6.07 Å². The molecule has 1 amide bonds. The Bertz CT molecular complexity index is 1190. The van der Waals surface area contributed by atoms with E-state index >= 15 is 0 Å². The molecule has 32 heavy (non-hydrogen) atoms. The first-order valence-corrected chi connectivity index (χ1v) is 11.4. The molecule has 168 valence electrons. The number of nitrogens with one attached hydrogen (secondary N) is 2. The second-order valence-corrected chi connectivity index (χ2v) is 8.76. The van der Waals surface area contributed by atoms with E-state index in [1.54, 1.807) is 37.6 Å². The minimum absolute atomic E-state index is 0.0530. The van der Waals surface area contributed by atoms with Crippen molar-refractivity contribution in [2.45, 2.75) is 18.7 Å². The van der Waals surface area contributed by atoms with Gasteiger partial charge < -0.3 is 14.8 Å². The maximum atomic E-state index is 12.7. The van der Waals surface area contributed by atoms with Crippen LogP contribution in [-0.2, 0) is 14.8 Å². The van der Waals surface area contributed by atoms with E-state index in [1.807, 2.05) is 19.9 Å². The van der Waals surface area contributed by atoms with Gasteiger partial charge in [0, 0.05) is 24.6 Å². The van der Waals surface area contributed by atoms with Crippen molar-refractivity contribution in [1.82, 2.24) is 4.98 Å². The smallest absolute Gasteiger partial charge is 0.261 e. The molecule has 0 bridgehead atoms. The molecule has 8 nitrogen and oxygen atoms in total. The number of carbonyl (C=O) groups is 1. The highest BCUT2D eigenvalue weighted by molar-refractivity contribution is 7.92. The maximum absolute atomic E-state index is 12.7. The molecule has 2 N–H and O–H groups in total. The third-order valence-corrected chi connectivity index (χ3v) is 6.13.